The zero-order chi connectivity index (χ0) is 14.0. The number of oxazole rings is 1. The number of nitrogens with one attached hydrogen (secondary N) is 1. The van der Waals surface area contributed by atoms with E-state index in [1.165, 1.54) is 5.56 Å². The summed E-state index contributed by atoms with van der Waals surface area (Å²) in [6.45, 7) is 2.45. The maximum Gasteiger partial charge on any atom is 0.195 e. The summed E-state index contributed by atoms with van der Waals surface area (Å²) in [6.07, 6.45) is 4.54. The quantitative estimate of drug-likeness (QED) is 0.712. The second-order valence-electron chi connectivity index (χ2n) is 4.70. The largest absolute Gasteiger partial charge is 0.446 e. The summed E-state index contributed by atoms with van der Waals surface area (Å²) in [6, 6.07) is 10.4. The smallest absolute Gasteiger partial charge is 0.195 e. The minimum absolute atomic E-state index is 0.730. The monoisotopic (exact) mass is 274 g/mol. The molecule has 0 aliphatic carbocycles. The Labute approximate surface area is 120 Å². The molecule has 0 aliphatic heterocycles. The lowest BCUT2D eigenvalue weighted by Crippen LogP contribution is -2.21. The van der Waals surface area contributed by atoms with Crippen molar-refractivity contribution in [2.24, 2.45) is 0 Å². The Bertz CT molecular complexity index is 482. The van der Waals surface area contributed by atoms with Gasteiger partial charge >= 0.3 is 0 Å². The number of aryl methyl sites for hydroxylation is 2. The fourth-order valence-corrected chi connectivity index (χ4v) is 1.99. The van der Waals surface area contributed by atoms with E-state index in [0.717, 1.165) is 50.6 Å². The summed E-state index contributed by atoms with van der Waals surface area (Å²) in [5.41, 5.74) is 1.33. The SMILES string of the molecule is COCCNCCc1ncc(CCc2ccccc2)o1. The molecule has 0 atom stereocenters. The van der Waals surface area contributed by atoms with Gasteiger partial charge in [-0.25, -0.2) is 4.98 Å². The van der Waals surface area contributed by atoms with Gasteiger partial charge in [0, 0.05) is 33.0 Å². The van der Waals surface area contributed by atoms with Gasteiger partial charge < -0.3 is 14.5 Å². The highest BCUT2D eigenvalue weighted by Gasteiger charge is 2.04. The number of ether oxygens (including phenoxy) is 1. The zero-order valence-electron chi connectivity index (χ0n) is 12.0. The van der Waals surface area contributed by atoms with Gasteiger partial charge in [-0.1, -0.05) is 30.3 Å². The van der Waals surface area contributed by atoms with Gasteiger partial charge in [0.1, 0.15) is 5.76 Å². The number of rotatable bonds is 9. The van der Waals surface area contributed by atoms with Crippen molar-refractivity contribution in [2.45, 2.75) is 19.3 Å². The summed E-state index contributed by atoms with van der Waals surface area (Å²) < 4.78 is 10.7. The topological polar surface area (TPSA) is 47.3 Å². The molecule has 0 amide bonds. The lowest BCUT2D eigenvalue weighted by Gasteiger charge is -2.01. The van der Waals surface area contributed by atoms with E-state index in [1.54, 1.807) is 7.11 Å². The van der Waals surface area contributed by atoms with Crippen LogP contribution in [-0.2, 0) is 24.0 Å². The van der Waals surface area contributed by atoms with E-state index in [1.807, 2.05) is 12.3 Å². The van der Waals surface area contributed by atoms with Crippen LogP contribution in [0.4, 0.5) is 0 Å². The summed E-state index contributed by atoms with van der Waals surface area (Å²) in [5, 5.41) is 3.28. The molecule has 20 heavy (non-hydrogen) atoms. The zero-order valence-corrected chi connectivity index (χ0v) is 12.0. The molecule has 4 nitrogen and oxygen atoms in total. The predicted molar refractivity (Wildman–Crippen MR) is 78.8 cm³/mol. The van der Waals surface area contributed by atoms with Gasteiger partial charge in [0.2, 0.25) is 0 Å². The second kappa shape index (κ2) is 8.51. The van der Waals surface area contributed by atoms with Crippen molar-refractivity contribution in [1.82, 2.24) is 10.3 Å². The van der Waals surface area contributed by atoms with Crippen LogP contribution in [0.1, 0.15) is 17.2 Å². The number of aromatic nitrogens is 1. The fraction of sp³-hybridized carbons (Fsp3) is 0.438. The number of hydrogen-bond donors (Lipinski definition) is 1. The van der Waals surface area contributed by atoms with E-state index in [9.17, 15) is 0 Å². The molecule has 0 saturated heterocycles. The van der Waals surface area contributed by atoms with E-state index in [4.69, 9.17) is 9.15 Å². The Morgan fingerprint density at radius 3 is 2.75 bits per heavy atom. The molecular weight excluding hydrogens is 252 g/mol. The van der Waals surface area contributed by atoms with Gasteiger partial charge in [0.05, 0.1) is 12.8 Å². The van der Waals surface area contributed by atoms with Crippen LogP contribution in [0, 0.1) is 0 Å². The summed E-state index contributed by atoms with van der Waals surface area (Å²) in [4.78, 5) is 4.31. The lowest BCUT2D eigenvalue weighted by molar-refractivity contribution is 0.199. The highest BCUT2D eigenvalue weighted by atomic mass is 16.5. The first-order chi connectivity index (χ1) is 9.88. The van der Waals surface area contributed by atoms with Crippen LogP contribution < -0.4 is 5.32 Å². The van der Waals surface area contributed by atoms with Crippen LogP contribution >= 0.6 is 0 Å². The van der Waals surface area contributed by atoms with Gasteiger partial charge in [-0.15, -0.1) is 0 Å². The van der Waals surface area contributed by atoms with Crippen LogP contribution in [0.15, 0.2) is 40.9 Å². The van der Waals surface area contributed by atoms with Gasteiger partial charge in [0.15, 0.2) is 5.89 Å². The van der Waals surface area contributed by atoms with Gasteiger partial charge in [-0.05, 0) is 12.0 Å². The molecule has 108 valence electrons. The van der Waals surface area contributed by atoms with Crippen molar-refractivity contribution in [3.63, 3.8) is 0 Å². The standard InChI is InChI=1S/C16H22N2O2/c1-19-12-11-17-10-9-16-18-13-15(20-16)8-7-14-5-3-2-4-6-14/h2-6,13,17H,7-12H2,1H3. The third-order valence-corrected chi connectivity index (χ3v) is 3.10. The van der Waals surface area contributed by atoms with Gasteiger partial charge in [-0.3, -0.25) is 0 Å². The van der Waals surface area contributed by atoms with Gasteiger partial charge in [0.25, 0.3) is 0 Å². The minimum atomic E-state index is 0.730. The molecule has 1 aromatic carbocycles. The normalized spacial score (nSPS) is 10.8. The Hall–Kier alpha value is -1.65. The summed E-state index contributed by atoms with van der Waals surface area (Å²) in [5.74, 6) is 1.76. The first kappa shape index (κ1) is 14.8. The minimum Gasteiger partial charge on any atom is -0.446 e. The van der Waals surface area contributed by atoms with E-state index >= 15 is 0 Å². The molecule has 1 N–H and O–H groups in total. The van der Waals surface area contributed by atoms with E-state index < -0.39 is 0 Å². The molecule has 2 aromatic rings. The molecule has 2 rings (SSSR count). The average molecular weight is 274 g/mol. The molecule has 0 unspecified atom stereocenters. The van der Waals surface area contributed by atoms with E-state index in [-0.39, 0.29) is 0 Å². The molecule has 0 fully saturated rings. The van der Waals surface area contributed by atoms with Crippen molar-refractivity contribution in [3.05, 3.63) is 53.7 Å². The third-order valence-electron chi connectivity index (χ3n) is 3.10. The van der Waals surface area contributed by atoms with Crippen LogP contribution in [0.2, 0.25) is 0 Å². The van der Waals surface area contributed by atoms with Crippen LogP contribution in [0.25, 0.3) is 0 Å². The number of benzene rings is 1. The maximum atomic E-state index is 5.73. The molecule has 0 spiro atoms. The fourth-order valence-electron chi connectivity index (χ4n) is 1.99. The number of methoxy groups -OCH3 is 1. The highest BCUT2D eigenvalue weighted by Crippen LogP contribution is 2.09. The number of hydrogen-bond acceptors (Lipinski definition) is 4. The van der Waals surface area contributed by atoms with Crippen molar-refractivity contribution >= 4 is 0 Å². The third kappa shape index (κ3) is 5.15. The Morgan fingerprint density at radius 1 is 1.10 bits per heavy atom. The van der Waals surface area contributed by atoms with Crippen molar-refractivity contribution in [2.75, 3.05) is 26.8 Å². The molecule has 1 aromatic heterocycles. The van der Waals surface area contributed by atoms with Gasteiger partial charge in [-0.2, -0.15) is 0 Å². The summed E-state index contributed by atoms with van der Waals surface area (Å²) >= 11 is 0. The predicted octanol–water partition coefficient (Wildman–Crippen LogP) is 2.24. The Kier molecular flexibility index (Phi) is 6.27. The van der Waals surface area contributed by atoms with Crippen LogP contribution in [0.3, 0.4) is 0 Å². The Balaban J connectivity index is 1.69. The van der Waals surface area contributed by atoms with E-state index in [0.29, 0.717) is 0 Å². The van der Waals surface area contributed by atoms with Crippen LogP contribution in [-0.4, -0.2) is 31.8 Å². The number of nitrogens with zero attached hydrogens (tertiary/aromatic N) is 1. The average Bonchev–Trinajstić information content (AvgIpc) is 2.94. The van der Waals surface area contributed by atoms with Crippen molar-refractivity contribution in [3.8, 4) is 0 Å². The van der Waals surface area contributed by atoms with Crippen molar-refractivity contribution in [1.29, 1.82) is 0 Å². The van der Waals surface area contributed by atoms with Crippen molar-refractivity contribution < 1.29 is 9.15 Å². The molecule has 0 radical (unpaired) electrons. The second-order valence-corrected chi connectivity index (χ2v) is 4.70. The molecule has 0 saturated carbocycles. The molecule has 0 bridgehead atoms. The van der Waals surface area contributed by atoms with E-state index in [2.05, 4.69) is 34.6 Å². The molecular formula is C16H22N2O2. The van der Waals surface area contributed by atoms with Crippen LogP contribution in [0.5, 0.6) is 0 Å². The maximum absolute atomic E-state index is 5.73. The molecule has 0 aliphatic rings. The molecule has 4 heteroatoms. The highest BCUT2D eigenvalue weighted by molar-refractivity contribution is 5.15. The first-order valence-corrected chi connectivity index (χ1v) is 7.05. The Morgan fingerprint density at radius 2 is 1.95 bits per heavy atom. The lowest BCUT2D eigenvalue weighted by atomic mass is 10.1. The first-order valence-electron chi connectivity index (χ1n) is 7.05. The molecule has 1 heterocycles. The summed E-state index contributed by atoms with van der Waals surface area (Å²) in [7, 11) is 1.70.